The molecule has 5 nitrogen and oxygen atoms in total. The molecule has 0 saturated carbocycles. The summed E-state index contributed by atoms with van der Waals surface area (Å²) < 4.78 is 21.2. The summed E-state index contributed by atoms with van der Waals surface area (Å²) in [7, 11) is 0. The summed E-state index contributed by atoms with van der Waals surface area (Å²) in [6.07, 6.45) is 0.715. The van der Waals surface area contributed by atoms with Crippen LogP contribution in [0.5, 0.6) is 0 Å². The number of amides is 1. The van der Waals surface area contributed by atoms with Gasteiger partial charge in [0.2, 0.25) is 0 Å². The Balaban J connectivity index is 1.57. The molecule has 0 aliphatic carbocycles. The number of aliphatic hydroxyl groups is 1. The number of carbonyl (C=O) groups excluding carboxylic acids is 1. The fourth-order valence-corrected chi connectivity index (χ4v) is 3.21. The number of fused-ring (bicyclic) bond motifs is 1. The van der Waals surface area contributed by atoms with Gasteiger partial charge in [-0.05, 0) is 11.6 Å². The van der Waals surface area contributed by atoms with Crippen molar-refractivity contribution in [2.45, 2.75) is 12.6 Å². The molecule has 2 aromatic carbocycles. The van der Waals surface area contributed by atoms with Crippen LogP contribution >= 0.6 is 0 Å². The normalized spacial score (nSPS) is 12.2. The van der Waals surface area contributed by atoms with Gasteiger partial charge in [0, 0.05) is 24.2 Å². The highest BCUT2D eigenvalue weighted by molar-refractivity contribution is 5.97. The first-order chi connectivity index (χ1) is 13.6. The van der Waals surface area contributed by atoms with Crippen LogP contribution < -0.4 is 5.32 Å². The van der Waals surface area contributed by atoms with Crippen LogP contribution in [-0.4, -0.2) is 22.1 Å². The molecule has 0 unspecified atom stereocenters. The van der Waals surface area contributed by atoms with E-state index in [4.69, 9.17) is 4.42 Å². The molecule has 4 rings (SSSR count). The number of aromatic nitrogens is 1. The SMILES string of the molecule is O=C(NC[C@H](O)c1ccccc1)c1cc2occc2n1Cc1ccccc1F. The first-order valence-corrected chi connectivity index (χ1v) is 8.95. The molecule has 2 aromatic heterocycles. The van der Waals surface area contributed by atoms with E-state index in [1.54, 1.807) is 47.0 Å². The van der Waals surface area contributed by atoms with E-state index >= 15 is 0 Å². The molecule has 6 heteroatoms. The van der Waals surface area contributed by atoms with E-state index in [0.717, 1.165) is 5.56 Å². The predicted octanol–water partition coefficient (Wildman–Crippen LogP) is 3.89. The Morgan fingerprint density at radius 1 is 1.11 bits per heavy atom. The van der Waals surface area contributed by atoms with Gasteiger partial charge in [-0.3, -0.25) is 4.79 Å². The number of furan rings is 1. The second kappa shape index (κ2) is 7.70. The molecule has 2 heterocycles. The van der Waals surface area contributed by atoms with Gasteiger partial charge in [0.25, 0.3) is 5.91 Å². The zero-order chi connectivity index (χ0) is 19.5. The van der Waals surface area contributed by atoms with Crippen molar-refractivity contribution in [3.8, 4) is 0 Å². The molecular formula is C22H19FN2O3. The van der Waals surface area contributed by atoms with Crippen LogP contribution in [0.4, 0.5) is 4.39 Å². The topological polar surface area (TPSA) is 67.4 Å². The lowest BCUT2D eigenvalue weighted by molar-refractivity contribution is 0.0908. The van der Waals surface area contributed by atoms with Crippen molar-refractivity contribution in [2.75, 3.05) is 6.54 Å². The van der Waals surface area contributed by atoms with Gasteiger partial charge in [-0.2, -0.15) is 0 Å². The molecular weight excluding hydrogens is 359 g/mol. The maximum absolute atomic E-state index is 14.1. The maximum atomic E-state index is 14.1. The van der Waals surface area contributed by atoms with Gasteiger partial charge in [-0.15, -0.1) is 0 Å². The lowest BCUT2D eigenvalue weighted by Crippen LogP contribution is -2.30. The Bertz CT molecular complexity index is 1100. The Morgan fingerprint density at radius 2 is 1.86 bits per heavy atom. The zero-order valence-electron chi connectivity index (χ0n) is 15.0. The number of benzene rings is 2. The molecule has 28 heavy (non-hydrogen) atoms. The highest BCUT2D eigenvalue weighted by Crippen LogP contribution is 2.23. The first kappa shape index (κ1) is 18.0. The van der Waals surface area contributed by atoms with Crippen LogP contribution in [-0.2, 0) is 6.54 Å². The zero-order valence-corrected chi connectivity index (χ0v) is 15.0. The van der Waals surface area contributed by atoms with Crippen LogP contribution in [0.2, 0.25) is 0 Å². The van der Waals surface area contributed by atoms with Crippen LogP contribution in [0.15, 0.2) is 77.4 Å². The van der Waals surface area contributed by atoms with Crippen LogP contribution in [0.3, 0.4) is 0 Å². The minimum Gasteiger partial charge on any atom is -0.463 e. The minimum atomic E-state index is -0.817. The van der Waals surface area contributed by atoms with Gasteiger partial charge in [0.15, 0.2) is 5.58 Å². The number of carbonyl (C=O) groups is 1. The molecule has 142 valence electrons. The number of hydrogen-bond acceptors (Lipinski definition) is 3. The van der Waals surface area contributed by atoms with Gasteiger partial charge < -0.3 is 19.4 Å². The van der Waals surface area contributed by atoms with E-state index in [1.807, 2.05) is 18.2 Å². The molecule has 1 atom stereocenters. The van der Waals surface area contributed by atoms with Crippen LogP contribution in [0.1, 0.15) is 27.7 Å². The monoisotopic (exact) mass is 378 g/mol. The van der Waals surface area contributed by atoms with E-state index in [1.165, 1.54) is 12.3 Å². The van der Waals surface area contributed by atoms with Crippen LogP contribution in [0.25, 0.3) is 11.1 Å². The van der Waals surface area contributed by atoms with Crippen molar-refractivity contribution in [3.63, 3.8) is 0 Å². The van der Waals surface area contributed by atoms with Crippen molar-refractivity contribution in [3.05, 3.63) is 95.6 Å². The molecule has 0 aliphatic heterocycles. The van der Waals surface area contributed by atoms with Gasteiger partial charge >= 0.3 is 0 Å². The lowest BCUT2D eigenvalue weighted by Gasteiger charge is -2.14. The quantitative estimate of drug-likeness (QED) is 0.535. The summed E-state index contributed by atoms with van der Waals surface area (Å²) in [5.74, 6) is -0.698. The summed E-state index contributed by atoms with van der Waals surface area (Å²) in [4.78, 5) is 12.8. The highest BCUT2D eigenvalue weighted by atomic mass is 19.1. The Kier molecular flexibility index (Phi) is 4.95. The molecule has 0 bridgehead atoms. The van der Waals surface area contributed by atoms with Crippen molar-refractivity contribution in [1.29, 1.82) is 0 Å². The standard InChI is InChI=1S/C22H19FN2O3/c23-17-9-5-4-8-16(17)14-25-18-10-11-28-21(18)12-19(25)22(27)24-13-20(26)15-6-2-1-3-7-15/h1-12,20,26H,13-14H2,(H,24,27)/t20-/m0/s1. The van der Waals surface area contributed by atoms with E-state index in [9.17, 15) is 14.3 Å². The Labute approximate surface area is 161 Å². The summed E-state index contributed by atoms with van der Waals surface area (Å²) >= 11 is 0. The van der Waals surface area contributed by atoms with Crippen molar-refractivity contribution in [2.24, 2.45) is 0 Å². The second-order valence-electron chi connectivity index (χ2n) is 6.51. The Hall–Kier alpha value is -3.38. The molecule has 4 aromatic rings. The summed E-state index contributed by atoms with van der Waals surface area (Å²) in [5.41, 5.74) is 2.79. The molecule has 0 radical (unpaired) electrons. The smallest absolute Gasteiger partial charge is 0.268 e. The van der Waals surface area contributed by atoms with E-state index in [-0.39, 0.29) is 24.8 Å². The molecule has 0 spiro atoms. The van der Waals surface area contributed by atoms with Crippen molar-refractivity contribution >= 4 is 17.0 Å². The van der Waals surface area contributed by atoms with Gasteiger partial charge in [0.1, 0.15) is 11.5 Å². The average molecular weight is 378 g/mol. The number of rotatable bonds is 6. The third kappa shape index (κ3) is 3.54. The van der Waals surface area contributed by atoms with Crippen LogP contribution in [0, 0.1) is 5.82 Å². The molecule has 0 fully saturated rings. The molecule has 1 amide bonds. The highest BCUT2D eigenvalue weighted by Gasteiger charge is 2.19. The van der Waals surface area contributed by atoms with E-state index in [0.29, 0.717) is 22.4 Å². The number of nitrogens with zero attached hydrogens (tertiary/aromatic N) is 1. The second-order valence-corrected chi connectivity index (χ2v) is 6.51. The van der Waals surface area contributed by atoms with Crippen molar-refractivity contribution in [1.82, 2.24) is 9.88 Å². The summed E-state index contributed by atoms with van der Waals surface area (Å²) in [6.45, 7) is 0.259. The molecule has 0 aliphatic rings. The predicted molar refractivity (Wildman–Crippen MR) is 103 cm³/mol. The lowest BCUT2D eigenvalue weighted by atomic mass is 10.1. The summed E-state index contributed by atoms with van der Waals surface area (Å²) in [5, 5.41) is 13.0. The fourth-order valence-electron chi connectivity index (χ4n) is 3.21. The maximum Gasteiger partial charge on any atom is 0.268 e. The minimum absolute atomic E-state index is 0.0646. The van der Waals surface area contributed by atoms with Gasteiger partial charge in [0.05, 0.1) is 24.4 Å². The van der Waals surface area contributed by atoms with Gasteiger partial charge in [-0.25, -0.2) is 4.39 Å². The molecule has 2 N–H and O–H groups in total. The largest absolute Gasteiger partial charge is 0.463 e. The number of hydrogen-bond donors (Lipinski definition) is 2. The Morgan fingerprint density at radius 3 is 2.64 bits per heavy atom. The number of halogens is 1. The summed E-state index contributed by atoms with van der Waals surface area (Å²) in [6, 6.07) is 18.9. The van der Waals surface area contributed by atoms with E-state index < -0.39 is 6.10 Å². The van der Waals surface area contributed by atoms with Crippen molar-refractivity contribution < 1.29 is 18.7 Å². The third-order valence-electron chi connectivity index (χ3n) is 4.68. The van der Waals surface area contributed by atoms with E-state index in [2.05, 4.69) is 5.32 Å². The van der Waals surface area contributed by atoms with Gasteiger partial charge in [-0.1, -0.05) is 48.5 Å². The molecule has 0 saturated heterocycles. The average Bonchev–Trinajstić information content (AvgIpc) is 3.31. The first-order valence-electron chi connectivity index (χ1n) is 8.95. The fraction of sp³-hybridized carbons (Fsp3) is 0.136. The number of nitrogens with one attached hydrogen (secondary N) is 1. The number of aliphatic hydroxyl groups excluding tert-OH is 1. The third-order valence-corrected chi connectivity index (χ3v) is 4.68.